The van der Waals surface area contributed by atoms with Crippen LogP contribution in [-0.2, 0) is 11.2 Å². The highest BCUT2D eigenvalue weighted by molar-refractivity contribution is 9.10. The van der Waals surface area contributed by atoms with Gasteiger partial charge in [-0.05, 0) is 60.6 Å². The molecule has 1 aromatic carbocycles. The summed E-state index contributed by atoms with van der Waals surface area (Å²) in [5.74, 6) is -0.269. The van der Waals surface area contributed by atoms with Crippen molar-refractivity contribution < 1.29 is 14.0 Å². The van der Waals surface area contributed by atoms with E-state index in [0.717, 1.165) is 16.7 Å². The average molecular weight is 490 g/mol. The number of anilines is 1. The van der Waals surface area contributed by atoms with Gasteiger partial charge in [0, 0.05) is 50.1 Å². The number of hydrogen-bond acceptors (Lipinski definition) is 5. The topological polar surface area (TPSA) is 78.4 Å². The molecule has 0 radical (unpaired) electrons. The number of benzene rings is 1. The van der Waals surface area contributed by atoms with Crippen molar-refractivity contribution in [2.75, 3.05) is 39.0 Å². The minimum atomic E-state index is -0.640. The third-order valence-electron chi connectivity index (χ3n) is 4.93. The van der Waals surface area contributed by atoms with Gasteiger partial charge in [0.05, 0.1) is 10.2 Å². The van der Waals surface area contributed by atoms with Gasteiger partial charge in [-0.15, -0.1) is 0 Å². The molecule has 1 aliphatic rings. The third-order valence-corrected chi connectivity index (χ3v) is 5.34. The molecule has 0 aliphatic carbocycles. The molecule has 1 aromatic heterocycles. The largest absolute Gasteiger partial charge is 0.338 e. The Hall–Kier alpha value is -2.65. The lowest BCUT2D eigenvalue weighted by atomic mass is 10.0. The third kappa shape index (κ3) is 6.67. The molecule has 1 N–H and O–H groups in total. The van der Waals surface area contributed by atoms with Crippen molar-refractivity contribution in [2.45, 2.75) is 12.8 Å². The summed E-state index contributed by atoms with van der Waals surface area (Å²) >= 11 is 3.32. The van der Waals surface area contributed by atoms with Crippen molar-refractivity contribution in [1.82, 2.24) is 19.8 Å². The highest BCUT2D eigenvalue weighted by Gasteiger charge is 2.28. The Morgan fingerprint density at radius 1 is 1.32 bits per heavy atom. The van der Waals surface area contributed by atoms with E-state index < -0.39 is 11.7 Å². The van der Waals surface area contributed by atoms with Crippen LogP contribution in [0.2, 0.25) is 0 Å². The summed E-state index contributed by atoms with van der Waals surface area (Å²) in [5.41, 5.74) is 0.307. The number of amides is 2. The Morgan fingerprint density at radius 3 is 2.74 bits per heavy atom. The first-order chi connectivity index (χ1) is 14.8. The van der Waals surface area contributed by atoms with Gasteiger partial charge in [-0.2, -0.15) is 0 Å². The smallest absolute Gasteiger partial charge is 0.253 e. The molecule has 164 valence electrons. The summed E-state index contributed by atoms with van der Waals surface area (Å²) in [4.78, 5) is 36.9. The van der Waals surface area contributed by atoms with E-state index >= 15 is 0 Å². The number of rotatable bonds is 7. The lowest BCUT2D eigenvalue weighted by Crippen LogP contribution is -2.29. The number of carbonyl (C=O) groups is 2. The molecule has 31 heavy (non-hydrogen) atoms. The molecule has 1 saturated heterocycles. The zero-order chi connectivity index (χ0) is 22.4. The molecule has 0 unspecified atom stereocenters. The van der Waals surface area contributed by atoms with E-state index in [9.17, 15) is 14.0 Å². The molecule has 2 aromatic rings. The lowest BCUT2D eigenvalue weighted by molar-refractivity contribution is -0.111. The molecular formula is C22H25BrFN5O2. The summed E-state index contributed by atoms with van der Waals surface area (Å²) in [6, 6.07) is 4.13. The van der Waals surface area contributed by atoms with Crippen LogP contribution >= 0.6 is 15.9 Å². The Morgan fingerprint density at radius 2 is 2.06 bits per heavy atom. The summed E-state index contributed by atoms with van der Waals surface area (Å²) in [6.07, 6.45) is 8.01. The summed E-state index contributed by atoms with van der Waals surface area (Å²) in [5, 5.41) is 2.50. The van der Waals surface area contributed by atoms with E-state index in [1.807, 2.05) is 19.0 Å². The predicted molar refractivity (Wildman–Crippen MR) is 120 cm³/mol. The number of nitrogens with zero attached hydrogens (tertiary/aromatic N) is 4. The molecule has 0 bridgehead atoms. The van der Waals surface area contributed by atoms with Crippen molar-refractivity contribution in [1.29, 1.82) is 0 Å². The molecular weight excluding hydrogens is 465 g/mol. The zero-order valence-corrected chi connectivity index (χ0v) is 19.1. The molecule has 9 heteroatoms. The van der Waals surface area contributed by atoms with Crippen LogP contribution in [0.25, 0.3) is 0 Å². The number of likely N-dealkylation sites (tertiary alicyclic amines) is 1. The monoisotopic (exact) mass is 489 g/mol. The van der Waals surface area contributed by atoms with E-state index in [1.165, 1.54) is 24.3 Å². The number of nitrogens with one attached hydrogen (secondary N) is 1. The van der Waals surface area contributed by atoms with Gasteiger partial charge in [0.25, 0.3) is 5.91 Å². The van der Waals surface area contributed by atoms with Gasteiger partial charge < -0.3 is 15.1 Å². The van der Waals surface area contributed by atoms with Gasteiger partial charge in [-0.3, -0.25) is 9.59 Å². The first-order valence-electron chi connectivity index (χ1n) is 9.99. The molecule has 1 atom stereocenters. The second kappa shape index (κ2) is 10.6. The van der Waals surface area contributed by atoms with Crippen molar-refractivity contribution in [3.63, 3.8) is 0 Å². The van der Waals surface area contributed by atoms with Crippen molar-refractivity contribution >= 4 is 33.4 Å². The predicted octanol–water partition coefficient (Wildman–Crippen LogP) is 3.14. The van der Waals surface area contributed by atoms with Crippen molar-refractivity contribution in [3.05, 3.63) is 64.4 Å². The van der Waals surface area contributed by atoms with Crippen LogP contribution in [0.1, 0.15) is 22.6 Å². The normalized spacial score (nSPS) is 16.3. The second-order valence-corrected chi connectivity index (χ2v) is 8.69. The Labute approximate surface area is 189 Å². The van der Waals surface area contributed by atoms with Gasteiger partial charge >= 0.3 is 0 Å². The molecule has 7 nitrogen and oxygen atoms in total. The molecule has 3 rings (SSSR count). The van der Waals surface area contributed by atoms with Gasteiger partial charge in [0.15, 0.2) is 0 Å². The van der Waals surface area contributed by atoms with E-state index in [0.29, 0.717) is 26.1 Å². The maximum Gasteiger partial charge on any atom is 0.253 e. The van der Waals surface area contributed by atoms with Gasteiger partial charge in [0.2, 0.25) is 5.91 Å². The number of aromatic nitrogens is 2. The van der Waals surface area contributed by atoms with Gasteiger partial charge in [-0.1, -0.05) is 6.08 Å². The number of likely N-dealkylation sites (N-methyl/N-ethyl adjacent to an activating group) is 1. The molecule has 0 spiro atoms. The molecule has 2 amide bonds. The van der Waals surface area contributed by atoms with Gasteiger partial charge in [0.1, 0.15) is 11.6 Å². The highest BCUT2D eigenvalue weighted by Crippen LogP contribution is 2.23. The second-order valence-electron chi connectivity index (χ2n) is 7.78. The zero-order valence-electron chi connectivity index (χ0n) is 17.5. The van der Waals surface area contributed by atoms with Crippen LogP contribution in [0, 0.1) is 11.7 Å². The van der Waals surface area contributed by atoms with Crippen LogP contribution in [0.15, 0.2) is 47.2 Å². The minimum absolute atomic E-state index is 0.0442. The fourth-order valence-electron chi connectivity index (χ4n) is 3.36. The quantitative estimate of drug-likeness (QED) is 0.604. The number of carbonyl (C=O) groups excluding carboxylic acids is 2. The molecule has 1 fully saturated rings. The van der Waals surface area contributed by atoms with Gasteiger partial charge in [-0.25, -0.2) is 14.4 Å². The fourth-order valence-corrected chi connectivity index (χ4v) is 3.57. The maximum atomic E-state index is 14.5. The Kier molecular flexibility index (Phi) is 7.86. The van der Waals surface area contributed by atoms with E-state index in [2.05, 4.69) is 31.2 Å². The fraction of sp³-hybridized carbons (Fsp3) is 0.364. The number of hydrogen-bond donors (Lipinski definition) is 1. The SMILES string of the molecule is CN(C)C/C=C/C(=O)Nc1ccc(C(=O)N2CC[C@@H](Cc3ncc(Br)cn3)C2)cc1F. The van der Waals surface area contributed by atoms with Crippen LogP contribution in [0.5, 0.6) is 0 Å². The molecule has 0 saturated carbocycles. The number of halogens is 2. The highest BCUT2D eigenvalue weighted by atomic mass is 79.9. The van der Waals surface area contributed by atoms with Crippen LogP contribution in [0.4, 0.5) is 10.1 Å². The van der Waals surface area contributed by atoms with Crippen molar-refractivity contribution in [3.8, 4) is 0 Å². The average Bonchev–Trinajstić information content (AvgIpc) is 3.19. The van der Waals surface area contributed by atoms with E-state index in [4.69, 9.17) is 0 Å². The summed E-state index contributed by atoms with van der Waals surface area (Å²) in [7, 11) is 3.77. The van der Waals surface area contributed by atoms with E-state index in [1.54, 1.807) is 23.4 Å². The van der Waals surface area contributed by atoms with Crippen LogP contribution < -0.4 is 5.32 Å². The molecule has 2 heterocycles. The first kappa shape index (κ1) is 23.0. The Balaban J connectivity index is 1.57. The van der Waals surface area contributed by atoms with Crippen LogP contribution in [0.3, 0.4) is 0 Å². The minimum Gasteiger partial charge on any atom is -0.338 e. The summed E-state index contributed by atoms with van der Waals surface area (Å²) < 4.78 is 15.3. The first-order valence-corrected chi connectivity index (χ1v) is 10.8. The molecule has 1 aliphatic heterocycles. The van der Waals surface area contributed by atoms with E-state index in [-0.39, 0.29) is 23.1 Å². The standard InChI is InChI=1S/C22H25BrFN5O2/c1-28(2)8-3-4-21(30)27-19-6-5-16(11-18(19)24)22(31)29-9-7-15(14-29)10-20-25-12-17(23)13-26-20/h3-6,11-13,15H,7-10,14H2,1-2H3,(H,27,30)/b4-3+/t15-/m0/s1. The Bertz CT molecular complexity index is 965. The van der Waals surface area contributed by atoms with Crippen molar-refractivity contribution in [2.24, 2.45) is 5.92 Å². The maximum absolute atomic E-state index is 14.5. The summed E-state index contributed by atoms with van der Waals surface area (Å²) in [6.45, 7) is 1.79. The lowest BCUT2D eigenvalue weighted by Gasteiger charge is -2.17. The van der Waals surface area contributed by atoms with Crippen LogP contribution in [-0.4, -0.2) is 65.3 Å².